The van der Waals surface area contributed by atoms with Gasteiger partial charge in [-0.15, -0.1) is 0 Å². The van der Waals surface area contributed by atoms with Gasteiger partial charge < -0.3 is 10.1 Å². The van der Waals surface area contributed by atoms with Gasteiger partial charge in [0.15, 0.2) is 0 Å². The summed E-state index contributed by atoms with van der Waals surface area (Å²) in [4.78, 5) is 0. The van der Waals surface area contributed by atoms with E-state index in [2.05, 4.69) is 28.2 Å². The fraction of sp³-hybridized carbons (Fsp3) is 0.571. The van der Waals surface area contributed by atoms with Crippen LogP contribution in [0.4, 0.5) is 4.39 Å². The Morgan fingerprint density at radius 2 is 2.17 bits per heavy atom. The van der Waals surface area contributed by atoms with Crippen LogP contribution in [0.5, 0.6) is 0 Å². The summed E-state index contributed by atoms with van der Waals surface area (Å²) in [5.74, 6) is -0.188. The van der Waals surface area contributed by atoms with Crippen LogP contribution in [0.3, 0.4) is 0 Å². The lowest BCUT2D eigenvalue weighted by Crippen LogP contribution is -2.31. The van der Waals surface area contributed by atoms with Crippen LogP contribution < -0.4 is 5.32 Å². The number of benzene rings is 1. The summed E-state index contributed by atoms with van der Waals surface area (Å²) >= 11 is 3.33. The zero-order valence-electron chi connectivity index (χ0n) is 11.0. The summed E-state index contributed by atoms with van der Waals surface area (Å²) in [6.45, 7) is 3.79. The molecule has 1 N–H and O–H groups in total. The predicted molar refractivity (Wildman–Crippen MR) is 76.4 cm³/mol. The third-order valence-electron chi connectivity index (χ3n) is 2.80. The highest BCUT2D eigenvalue weighted by Gasteiger charge is 2.09. The van der Waals surface area contributed by atoms with Gasteiger partial charge in [-0.2, -0.15) is 0 Å². The molecule has 0 amide bonds. The number of rotatable bonds is 8. The van der Waals surface area contributed by atoms with Crippen LogP contribution in [0.2, 0.25) is 0 Å². The molecular formula is C14H21BrFNO. The van der Waals surface area contributed by atoms with Crippen molar-refractivity contribution >= 4 is 15.9 Å². The van der Waals surface area contributed by atoms with Crippen LogP contribution in [0.15, 0.2) is 22.7 Å². The molecule has 0 aliphatic rings. The standard InChI is InChI=1S/C14H21BrFNO/c1-3-17-14(5-4-6-18-2)9-11-7-12(15)10-13(16)8-11/h7-8,10,14,17H,3-6,9H2,1-2H3. The Balaban J connectivity index is 2.58. The largest absolute Gasteiger partial charge is 0.385 e. The Kier molecular flexibility index (Phi) is 7.47. The van der Waals surface area contributed by atoms with Crippen molar-refractivity contribution in [3.8, 4) is 0 Å². The molecule has 0 aliphatic heterocycles. The van der Waals surface area contributed by atoms with Gasteiger partial charge in [-0.25, -0.2) is 4.39 Å². The predicted octanol–water partition coefficient (Wildman–Crippen LogP) is 3.54. The fourth-order valence-electron chi connectivity index (χ4n) is 2.05. The molecule has 0 aromatic heterocycles. The number of nitrogens with one attached hydrogen (secondary N) is 1. The van der Waals surface area contributed by atoms with Gasteiger partial charge in [-0.1, -0.05) is 22.9 Å². The first-order valence-corrected chi connectivity index (χ1v) is 7.12. The van der Waals surface area contributed by atoms with Crippen molar-refractivity contribution in [2.75, 3.05) is 20.3 Å². The molecule has 1 aromatic rings. The summed E-state index contributed by atoms with van der Waals surface area (Å²) in [6, 6.07) is 5.44. The second-order valence-corrected chi connectivity index (χ2v) is 5.29. The molecule has 0 spiro atoms. The first-order valence-electron chi connectivity index (χ1n) is 6.33. The van der Waals surface area contributed by atoms with Crippen LogP contribution in [-0.4, -0.2) is 26.3 Å². The molecule has 0 bridgehead atoms. The summed E-state index contributed by atoms with van der Waals surface area (Å²) in [5, 5.41) is 3.44. The molecule has 0 saturated heterocycles. The van der Waals surface area contributed by atoms with Crippen LogP contribution in [-0.2, 0) is 11.2 Å². The Hall–Kier alpha value is -0.450. The third kappa shape index (κ3) is 5.94. The lowest BCUT2D eigenvalue weighted by Gasteiger charge is -2.18. The van der Waals surface area contributed by atoms with Crippen LogP contribution >= 0.6 is 15.9 Å². The Labute approximate surface area is 117 Å². The Bertz CT molecular complexity index is 339. The van der Waals surface area contributed by atoms with E-state index in [1.807, 2.05) is 6.07 Å². The maximum Gasteiger partial charge on any atom is 0.124 e. The monoisotopic (exact) mass is 317 g/mol. The molecule has 0 radical (unpaired) electrons. The highest BCUT2D eigenvalue weighted by Crippen LogP contribution is 2.17. The van der Waals surface area contributed by atoms with Gasteiger partial charge in [-0.3, -0.25) is 0 Å². The first-order chi connectivity index (χ1) is 8.65. The number of likely N-dealkylation sites (N-methyl/N-ethyl adjacent to an activating group) is 1. The maximum absolute atomic E-state index is 13.3. The molecule has 0 heterocycles. The van der Waals surface area contributed by atoms with Crippen LogP contribution in [0.25, 0.3) is 0 Å². The topological polar surface area (TPSA) is 21.3 Å². The van der Waals surface area contributed by atoms with Crippen molar-refractivity contribution in [3.63, 3.8) is 0 Å². The summed E-state index contributed by atoms with van der Waals surface area (Å²) in [5.41, 5.74) is 1.02. The van der Waals surface area contributed by atoms with E-state index < -0.39 is 0 Å². The molecular weight excluding hydrogens is 297 g/mol. The second-order valence-electron chi connectivity index (χ2n) is 4.37. The minimum atomic E-state index is -0.188. The van der Waals surface area contributed by atoms with Crippen LogP contribution in [0, 0.1) is 5.82 Å². The van der Waals surface area contributed by atoms with E-state index in [1.165, 1.54) is 6.07 Å². The molecule has 1 unspecified atom stereocenters. The molecule has 0 aliphatic carbocycles. The van der Waals surface area contributed by atoms with E-state index in [0.29, 0.717) is 6.04 Å². The number of methoxy groups -OCH3 is 1. The average molecular weight is 318 g/mol. The molecule has 0 saturated carbocycles. The normalized spacial score (nSPS) is 12.7. The SMILES string of the molecule is CCNC(CCCOC)Cc1cc(F)cc(Br)c1. The van der Waals surface area contributed by atoms with Crippen molar-refractivity contribution < 1.29 is 9.13 Å². The minimum absolute atomic E-state index is 0.188. The highest BCUT2D eigenvalue weighted by molar-refractivity contribution is 9.10. The third-order valence-corrected chi connectivity index (χ3v) is 3.26. The lowest BCUT2D eigenvalue weighted by atomic mass is 10.0. The Morgan fingerprint density at radius 1 is 1.39 bits per heavy atom. The maximum atomic E-state index is 13.3. The molecule has 4 heteroatoms. The molecule has 1 atom stereocenters. The van der Waals surface area contributed by atoms with Crippen molar-refractivity contribution in [3.05, 3.63) is 34.1 Å². The highest BCUT2D eigenvalue weighted by atomic mass is 79.9. The number of hydrogen-bond donors (Lipinski definition) is 1. The molecule has 1 rings (SSSR count). The van der Waals surface area contributed by atoms with E-state index in [9.17, 15) is 4.39 Å². The average Bonchev–Trinajstić information content (AvgIpc) is 2.28. The quantitative estimate of drug-likeness (QED) is 0.740. The lowest BCUT2D eigenvalue weighted by molar-refractivity contribution is 0.188. The Morgan fingerprint density at radius 3 is 2.78 bits per heavy atom. The number of hydrogen-bond acceptors (Lipinski definition) is 2. The first kappa shape index (κ1) is 15.6. The molecule has 102 valence electrons. The van der Waals surface area contributed by atoms with Crippen molar-refractivity contribution in [1.29, 1.82) is 0 Å². The van der Waals surface area contributed by atoms with Gasteiger partial charge in [0.25, 0.3) is 0 Å². The molecule has 18 heavy (non-hydrogen) atoms. The molecule has 1 aromatic carbocycles. The van der Waals surface area contributed by atoms with E-state index in [-0.39, 0.29) is 5.82 Å². The molecule has 0 fully saturated rings. The summed E-state index contributed by atoms with van der Waals surface area (Å²) in [7, 11) is 1.71. The van der Waals surface area contributed by atoms with E-state index in [1.54, 1.807) is 13.2 Å². The molecule has 2 nitrogen and oxygen atoms in total. The smallest absolute Gasteiger partial charge is 0.124 e. The zero-order valence-corrected chi connectivity index (χ0v) is 12.6. The second kappa shape index (κ2) is 8.62. The fourth-order valence-corrected chi connectivity index (χ4v) is 2.57. The van der Waals surface area contributed by atoms with E-state index >= 15 is 0 Å². The van der Waals surface area contributed by atoms with Gasteiger partial charge >= 0.3 is 0 Å². The summed E-state index contributed by atoms with van der Waals surface area (Å²) < 4.78 is 19.2. The van der Waals surface area contributed by atoms with Gasteiger partial charge in [0.05, 0.1) is 0 Å². The van der Waals surface area contributed by atoms with Crippen LogP contribution in [0.1, 0.15) is 25.3 Å². The number of halogens is 2. The van der Waals surface area contributed by atoms with Gasteiger partial charge in [0.1, 0.15) is 5.82 Å². The van der Waals surface area contributed by atoms with Crippen molar-refractivity contribution in [2.24, 2.45) is 0 Å². The minimum Gasteiger partial charge on any atom is -0.385 e. The van der Waals surface area contributed by atoms with Gasteiger partial charge in [0.2, 0.25) is 0 Å². The summed E-state index contributed by atoms with van der Waals surface area (Å²) in [6.07, 6.45) is 2.90. The number of ether oxygens (including phenoxy) is 1. The van der Waals surface area contributed by atoms with Gasteiger partial charge in [-0.05, 0) is 49.6 Å². The van der Waals surface area contributed by atoms with E-state index in [0.717, 1.165) is 42.5 Å². The van der Waals surface area contributed by atoms with Crippen molar-refractivity contribution in [2.45, 2.75) is 32.2 Å². The van der Waals surface area contributed by atoms with E-state index in [4.69, 9.17) is 4.74 Å². The van der Waals surface area contributed by atoms with Gasteiger partial charge in [0, 0.05) is 24.2 Å². The van der Waals surface area contributed by atoms with Crippen molar-refractivity contribution in [1.82, 2.24) is 5.32 Å². The zero-order chi connectivity index (χ0) is 13.4.